The van der Waals surface area contributed by atoms with Crippen molar-refractivity contribution in [2.24, 2.45) is 5.92 Å². The molecule has 1 aromatic carbocycles. The molecule has 0 heterocycles. The van der Waals surface area contributed by atoms with E-state index in [4.69, 9.17) is 4.74 Å². The number of aliphatic hydroxyl groups excluding tert-OH is 1. The van der Waals surface area contributed by atoms with Crippen molar-refractivity contribution in [3.8, 4) is 5.75 Å². The van der Waals surface area contributed by atoms with Gasteiger partial charge in [-0.2, -0.15) is 0 Å². The molecule has 1 rings (SSSR count). The third-order valence-electron chi connectivity index (χ3n) is 4.20. The third-order valence-corrected chi connectivity index (χ3v) is 4.20. The maximum atomic E-state index is 11.3. The first kappa shape index (κ1) is 25.1. The highest BCUT2D eigenvalue weighted by atomic mass is 16.5. The van der Waals surface area contributed by atoms with Gasteiger partial charge >= 0.3 is 5.97 Å². The highest BCUT2D eigenvalue weighted by Gasteiger charge is 2.05. The maximum Gasteiger partial charge on any atom is 0.309 e. The number of benzene rings is 1. The van der Waals surface area contributed by atoms with Crippen LogP contribution in [0.4, 0.5) is 0 Å². The third kappa shape index (κ3) is 11.8. The summed E-state index contributed by atoms with van der Waals surface area (Å²) in [6, 6.07) is 7.23. The predicted molar refractivity (Wildman–Crippen MR) is 119 cm³/mol. The zero-order chi connectivity index (χ0) is 22.0. The molecule has 2 atom stereocenters. The first-order chi connectivity index (χ1) is 14.6. The number of esters is 1. The van der Waals surface area contributed by atoms with Crippen LogP contribution in [-0.4, -0.2) is 37.2 Å². The minimum Gasteiger partial charge on any atom is -0.494 e. The van der Waals surface area contributed by atoms with Crippen LogP contribution in [0.15, 0.2) is 72.9 Å². The predicted octanol–water partition coefficient (Wildman–Crippen LogP) is 4.37. The van der Waals surface area contributed by atoms with Crippen molar-refractivity contribution in [1.29, 1.82) is 0 Å². The molecule has 0 spiro atoms. The average Bonchev–Trinajstić information content (AvgIpc) is 2.76. The van der Waals surface area contributed by atoms with Gasteiger partial charge < -0.3 is 19.4 Å². The van der Waals surface area contributed by atoms with E-state index in [9.17, 15) is 14.7 Å². The molecule has 0 aliphatic heterocycles. The van der Waals surface area contributed by atoms with Gasteiger partial charge in [0.25, 0.3) is 0 Å². The van der Waals surface area contributed by atoms with E-state index in [1.165, 1.54) is 7.11 Å². The van der Waals surface area contributed by atoms with E-state index in [1.807, 2.05) is 48.6 Å². The molecule has 1 N–H and O–H groups in total. The molecular formula is C25H32O5. The van der Waals surface area contributed by atoms with Crippen LogP contribution in [0.25, 0.3) is 0 Å². The first-order valence-corrected chi connectivity index (χ1v) is 10.2. The Morgan fingerprint density at radius 2 is 1.77 bits per heavy atom. The minimum absolute atomic E-state index is 0.229. The Morgan fingerprint density at radius 3 is 2.40 bits per heavy atom. The lowest BCUT2D eigenvalue weighted by Gasteiger charge is -2.09. The number of methoxy groups -OCH3 is 1. The molecule has 0 fully saturated rings. The SMILES string of the molecule is CC/C=C\C[C@H](O)/C=C/C=C\C=C\[C@@H](C=O)CCOc1ccc(CC(=O)OC)cc1. The summed E-state index contributed by atoms with van der Waals surface area (Å²) in [7, 11) is 1.36. The number of ether oxygens (including phenoxy) is 2. The molecule has 0 aromatic heterocycles. The summed E-state index contributed by atoms with van der Waals surface area (Å²) in [6.07, 6.45) is 17.6. The molecule has 0 radical (unpaired) electrons. The zero-order valence-electron chi connectivity index (χ0n) is 17.8. The van der Waals surface area contributed by atoms with E-state index >= 15 is 0 Å². The quantitative estimate of drug-likeness (QED) is 0.213. The van der Waals surface area contributed by atoms with Crippen LogP contribution in [-0.2, 0) is 20.7 Å². The minimum atomic E-state index is -0.490. The van der Waals surface area contributed by atoms with Gasteiger partial charge in [0.05, 0.1) is 26.2 Å². The highest BCUT2D eigenvalue weighted by Crippen LogP contribution is 2.14. The Bertz CT molecular complexity index is 728. The molecule has 5 nitrogen and oxygen atoms in total. The van der Waals surface area contributed by atoms with Crippen LogP contribution >= 0.6 is 0 Å². The molecule has 0 aliphatic rings. The lowest BCUT2D eigenvalue weighted by molar-refractivity contribution is -0.139. The van der Waals surface area contributed by atoms with Crippen molar-refractivity contribution >= 4 is 12.3 Å². The molecule has 1 aromatic rings. The molecule has 0 amide bonds. The normalized spacial score (nSPS) is 14.0. The van der Waals surface area contributed by atoms with Crippen LogP contribution < -0.4 is 4.74 Å². The van der Waals surface area contributed by atoms with Crippen LogP contribution in [0.2, 0.25) is 0 Å². The smallest absolute Gasteiger partial charge is 0.309 e. The van der Waals surface area contributed by atoms with Gasteiger partial charge in [0, 0.05) is 5.92 Å². The molecule has 0 saturated carbocycles. The topological polar surface area (TPSA) is 72.8 Å². The van der Waals surface area contributed by atoms with Gasteiger partial charge in [0.15, 0.2) is 0 Å². The number of aldehydes is 1. The number of carbonyl (C=O) groups is 2. The standard InChI is InChI=1S/C25H32O5/c1-3-4-7-11-23(27)12-9-6-5-8-10-22(20-26)17-18-30-24-15-13-21(14-16-24)19-25(28)29-2/h4-10,12-16,20,22-23,27H,3,11,17-19H2,1-2H3/b6-5-,7-4-,10-8+,12-9+/t22-,23+/m1/s1. The van der Waals surface area contributed by atoms with Crippen molar-refractivity contribution < 1.29 is 24.2 Å². The van der Waals surface area contributed by atoms with E-state index < -0.39 is 6.10 Å². The summed E-state index contributed by atoms with van der Waals surface area (Å²) < 4.78 is 10.3. The Morgan fingerprint density at radius 1 is 1.07 bits per heavy atom. The lowest BCUT2D eigenvalue weighted by Crippen LogP contribution is -2.07. The largest absolute Gasteiger partial charge is 0.494 e. The van der Waals surface area contributed by atoms with Crippen molar-refractivity contribution in [3.05, 3.63) is 78.4 Å². The first-order valence-electron chi connectivity index (χ1n) is 10.2. The molecule has 5 heteroatoms. The van der Waals surface area contributed by atoms with E-state index in [-0.39, 0.29) is 18.3 Å². The summed E-state index contributed by atoms with van der Waals surface area (Å²) in [6.45, 7) is 2.46. The van der Waals surface area contributed by atoms with Gasteiger partial charge in [-0.1, -0.05) is 67.7 Å². The fourth-order valence-electron chi connectivity index (χ4n) is 2.47. The van der Waals surface area contributed by atoms with Gasteiger partial charge in [-0.3, -0.25) is 4.79 Å². The Hall–Kier alpha value is -2.92. The Balaban J connectivity index is 2.34. The molecule has 0 bridgehead atoms. The summed E-state index contributed by atoms with van der Waals surface area (Å²) >= 11 is 0. The van der Waals surface area contributed by atoms with E-state index in [0.717, 1.165) is 18.3 Å². The van der Waals surface area contributed by atoms with E-state index in [2.05, 4.69) is 11.7 Å². The van der Waals surface area contributed by atoms with E-state index in [0.29, 0.717) is 25.2 Å². The second kappa shape index (κ2) is 15.9. The maximum absolute atomic E-state index is 11.3. The summed E-state index contributed by atoms with van der Waals surface area (Å²) in [5.41, 5.74) is 0.855. The summed E-state index contributed by atoms with van der Waals surface area (Å²) in [5.74, 6) is 0.172. The monoisotopic (exact) mass is 412 g/mol. The fraction of sp³-hybridized carbons (Fsp3) is 0.360. The molecule has 0 saturated heterocycles. The van der Waals surface area contributed by atoms with Gasteiger partial charge in [-0.15, -0.1) is 0 Å². The molecule has 162 valence electrons. The number of rotatable bonds is 14. The molecule has 0 aliphatic carbocycles. The number of hydrogen-bond donors (Lipinski definition) is 1. The van der Waals surface area contributed by atoms with Crippen molar-refractivity contribution in [1.82, 2.24) is 0 Å². The Labute approximate surface area is 179 Å². The molecule has 30 heavy (non-hydrogen) atoms. The van der Waals surface area contributed by atoms with Crippen molar-refractivity contribution in [3.63, 3.8) is 0 Å². The van der Waals surface area contributed by atoms with Gasteiger partial charge in [-0.25, -0.2) is 0 Å². The van der Waals surface area contributed by atoms with Crippen LogP contribution in [0.1, 0.15) is 31.7 Å². The van der Waals surface area contributed by atoms with Gasteiger partial charge in [0.1, 0.15) is 12.0 Å². The number of allylic oxidation sites excluding steroid dienone is 6. The van der Waals surface area contributed by atoms with Crippen LogP contribution in [0.3, 0.4) is 0 Å². The number of aliphatic hydroxyl groups is 1. The average molecular weight is 413 g/mol. The Kier molecular flexibility index (Phi) is 13.3. The second-order valence-electron chi connectivity index (χ2n) is 6.67. The number of carbonyl (C=O) groups excluding carboxylic acids is 2. The van der Waals surface area contributed by atoms with Gasteiger partial charge in [-0.05, 0) is 37.0 Å². The number of hydrogen-bond acceptors (Lipinski definition) is 5. The van der Waals surface area contributed by atoms with E-state index in [1.54, 1.807) is 24.3 Å². The van der Waals surface area contributed by atoms with Crippen LogP contribution in [0, 0.1) is 5.92 Å². The molecular weight excluding hydrogens is 380 g/mol. The van der Waals surface area contributed by atoms with Gasteiger partial charge in [0.2, 0.25) is 0 Å². The molecule has 0 unspecified atom stereocenters. The van der Waals surface area contributed by atoms with Crippen molar-refractivity contribution in [2.75, 3.05) is 13.7 Å². The highest BCUT2D eigenvalue weighted by molar-refractivity contribution is 5.72. The summed E-state index contributed by atoms with van der Waals surface area (Å²) in [4.78, 5) is 22.5. The fourth-order valence-corrected chi connectivity index (χ4v) is 2.47. The van der Waals surface area contributed by atoms with Crippen LogP contribution in [0.5, 0.6) is 5.75 Å². The lowest BCUT2D eigenvalue weighted by atomic mass is 10.1. The van der Waals surface area contributed by atoms with Crippen molar-refractivity contribution in [2.45, 2.75) is 38.7 Å². The zero-order valence-corrected chi connectivity index (χ0v) is 17.8. The second-order valence-corrected chi connectivity index (χ2v) is 6.67. The summed E-state index contributed by atoms with van der Waals surface area (Å²) in [5, 5.41) is 9.74.